The number of benzene rings is 2. The first-order valence-corrected chi connectivity index (χ1v) is 11.7. The zero-order chi connectivity index (χ0) is 23.5. The minimum atomic E-state index is -0.601. The lowest BCUT2D eigenvalue weighted by atomic mass is 9.96. The molecule has 1 unspecified atom stereocenters. The lowest BCUT2D eigenvalue weighted by molar-refractivity contribution is -0.143. The van der Waals surface area contributed by atoms with Crippen LogP contribution in [0.3, 0.4) is 0 Å². The molecule has 7 heteroatoms. The van der Waals surface area contributed by atoms with Gasteiger partial charge in [-0.15, -0.1) is 0 Å². The number of aromatic nitrogens is 1. The monoisotopic (exact) mass is 462 g/mol. The largest absolute Gasteiger partial charge is 0.494 e. The van der Waals surface area contributed by atoms with E-state index in [9.17, 15) is 9.59 Å². The summed E-state index contributed by atoms with van der Waals surface area (Å²) in [6, 6.07) is 16.5. The van der Waals surface area contributed by atoms with Crippen molar-refractivity contribution in [2.45, 2.75) is 39.8 Å². The number of carbonyl (C=O) groups is 1. The molecule has 1 aromatic heterocycles. The average Bonchev–Trinajstić information content (AvgIpc) is 3.09. The zero-order valence-corrected chi connectivity index (χ0v) is 19.9. The van der Waals surface area contributed by atoms with Gasteiger partial charge in [0.2, 0.25) is 0 Å². The molecule has 1 aliphatic rings. The van der Waals surface area contributed by atoms with Gasteiger partial charge in [-0.1, -0.05) is 53.8 Å². The normalized spacial score (nSPS) is 15.9. The van der Waals surface area contributed by atoms with E-state index < -0.39 is 12.0 Å². The number of fused-ring (bicyclic) bond motifs is 1. The summed E-state index contributed by atoms with van der Waals surface area (Å²) in [6.45, 7) is 7.93. The van der Waals surface area contributed by atoms with Gasteiger partial charge in [0, 0.05) is 0 Å². The van der Waals surface area contributed by atoms with Crippen LogP contribution >= 0.6 is 11.3 Å². The topological polar surface area (TPSA) is 69.9 Å². The third-order valence-corrected chi connectivity index (χ3v) is 6.17. The van der Waals surface area contributed by atoms with Crippen molar-refractivity contribution in [2.75, 3.05) is 6.61 Å². The van der Waals surface area contributed by atoms with Crippen LogP contribution in [0, 0.1) is 0 Å². The number of hydrogen-bond acceptors (Lipinski definition) is 6. The molecule has 0 fully saturated rings. The average molecular weight is 463 g/mol. The first kappa shape index (κ1) is 22.7. The molecule has 0 aliphatic carbocycles. The third-order valence-electron chi connectivity index (χ3n) is 5.19. The van der Waals surface area contributed by atoms with Gasteiger partial charge in [-0.25, -0.2) is 9.79 Å². The molecule has 4 rings (SSSR count). The molecule has 0 spiro atoms. The summed E-state index contributed by atoms with van der Waals surface area (Å²) in [6.07, 6.45) is 1.56. The van der Waals surface area contributed by atoms with E-state index in [0.29, 0.717) is 27.2 Å². The summed E-state index contributed by atoms with van der Waals surface area (Å²) in [5.74, 6) is 0.324. The molecule has 6 nitrogen and oxygen atoms in total. The Balaban J connectivity index is 1.86. The molecule has 0 N–H and O–H groups in total. The van der Waals surface area contributed by atoms with Gasteiger partial charge in [0.15, 0.2) is 4.80 Å². The Hall–Kier alpha value is -3.45. The van der Waals surface area contributed by atoms with Crippen LogP contribution < -0.4 is 19.6 Å². The number of nitrogens with zero attached hydrogens (tertiary/aromatic N) is 2. The third kappa shape index (κ3) is 4.68. The van der Waals surface area contributed by atoms with Crippen LogP contribution in [-0.4, -0.2) is 23.2 Å². The minimum Gasteiger partial charge on any atom is -0.494 e. The fourth-order valence-corrected chi connectivity index (χ4v) is 4.84. The van der Waals surface area contributed by atoms with E-state index in [1.165, 1.54) is 11.3 Å². The standard InChI is InChI=1S/C26H26N2O4S/c1-5-31-20-13-11-18(12-14-20)15-21-24(29)28-23(19-9-7-6-8-10-19)22(25(30)32-16(2)3)17(4)27-26(28)33-21/h6-16,23H,5H2,1-4H3. The van der Waals surface area contributed by atoms with E-state index in [-0.39, 0.29) is 11.7 Å². The predicted molar refractivity (Wildman–Crippen MR) is 129 cm³/mol. The van der Waals surface area contributed by atoms with Crippen molar-refractivity contribution in [3.05, 3.63) is 96.7 Å². The molecule has 0 radical (unpaired) electrons. The van der Waals surface area contributed by atoms with E-state index in [2.05, 4.69) is 4.99 Å². The Morgan fingerprint density at radius 3 is 2.48 bits per heavy atom. The highest BCUT2D eigenvalue weighted by atomic mass is 32.1. The Morgan fingerprint density at radius 1 is 1.15 bits per heavy atom. The highest BCUT2D eigenvalue weighted by Gasteiger charge is 2.33. The molecule has 1 aliphatic heterocycles. The van der Waals surface area contributed by atoms with E-state index in [4.69, 9.17) is 9.47 Å². The summed E-state index contributed by atoms with van der Waals surface area (Å²) in [5.41, 5.74) is 2.47. The number of ether oxygens (including phenoxy) is 2. The molecular formula is C26H26N2O4S. The van der Waals surface area contributed by atoms with Gasteiger partial charge in [-0.05, 0) is 57.0 Å². The lowest BCUT2D eigenvalue weighted by Gasteiger charge is -2.25. The lowest BCUT2D eigenvalue weighted by Crippen LogP contribution is -2.40. The van der Waals surface area contributed by atoms with Crippen LogP contribution in [0.1, 0.15) is 44.9 Å². The van der Waals surface area contributed by atoms with Crippen molar-refractivity contribution in [3.8, 4) is 5.75 Å². The van der Waals surface area contributed by atoms with Gasteiger partial charge < -0.3 is 9.47 Å². The fraction of sp³-hybridized carbons (Fsp3) is 0.269. The molecule has 33 heavy (non-hydrogen) atoms. The number of esters is 1. The van der Waals surface area contributed by atoms with E-state index in [0.717, 1.165) is 16.9 Å². The molecule has 2 aromatic carbocycles. The van der Waals surface area contributed by atoms with Gasteiger partial charge >= 0.3 is 5.97 Å². The second kappa shape index (κ2) is 9.58. The van der Waals surface area contributed by atoms with Crippen LogP contribution in [0.2, 0.25) is 0 Å². The van der Waals surface area contributed by atoms with Crippen molar-refractivity contribution >= 4 is 23.4 Å². The molecule has 1 atom stereocenters. The maximum atomic E-state index is 13.6. The summed E-state index contributed by atoms with van der Waals surface area (Å²) in [7, 11) is 0. The number of rotatable bonds is 6. The number of carbonyl (C=O) groups excluding carboxylic acids is 1. The molecular weight excluding hydrogens is 436 g/mol. The highest BCUT2D eigenvalue weighted by Crippen LogP contribution is 2.30. The molecule has 0 saturated carbocycles. The minimum absolute atomic E-state index is 0.191. The van der Waals surface area contributed by atoms with E-state index in [1.54, 1.807) is 25.3 Å². The molecule has 0 saturated heterocycles. The number of hydrogen-bond donors (Lipinski definition) is 0. The summed E-state index contributed by atoms with van der Waals surface area (Å²) >= 11 is 1.31. The second-order valence-corrected chi connectivity index (χ2v) is 8.96. The second-order valence-electron chi connectivity index (χ2n) is 7.95. The van der Waals surface area contributed by atoms with Gasteiger partial charge in [0.05, 0.1) is 34.6 Å². The van der Waals surface area contributed by atoms with Crippen LogP contribution in [0.4, 0.5) is 0 Å². The van der Waals surface area contributed by atoms with Crippen molar-refractivity contribution in [1.29, 1.82) is 0 Å². The highest BCUT2D eigenvalue weighted by molar-refractivity contribution is 7.07. The molecule has 2 heterocycles. The molecule has 0 amide bonds. The van der Waals surface area contributed by atoms with Crippen molar-refractivity contribution in [2.24, 2.45) is 4.99 Å². The molecule has 3 aromatic rings. The van der Waals surface area contributed by atoms with Crippen molar-refractivity contribution in [1.82, 2.24) is 4.57 Å². The Morgan fingerprint density at radius 2 is 1.85 bits per heavy atom. The first-order valence-electron chi connectivity index (χ1n) is 10.9. The van der Waals surface area contributed by atoms with Crippen molar-refractivity contribution < 1.29 is 14.3 Å². The first-order chi connectivity index (χ1) is 15.9. The maximum Gasteiger partial charge on any atom is 0.338 e. The van der Waals surface area contributed by atoms with E-state index in [1.807, 2.05) is 67.6 Å². The quantitative estimate of drug-likeness (QED) is 0.525. The Bertz CT molecular complexity index is 1370. The van der Waals surface area contributed by atoms with Crippen LogP contribution in [-0.2, 0) is 9.53 Å². The van der Waals surface area contributed by atoms with Crippen LogP contribution in [0.25, 0.3) is 6.08 Å². The molecule has 170 valence electrons. The fourth-order valence-electron chi connectivity index (χ4n) is 3.79. The van der Waals surface area contributed by atoms with Gasteiger partial charge in [0.1, 0.15) is 5.75 Å². The van der Waals surface area contributed by atoms with Gasteiger partial charge in [0.25, 0.3) is 5.56 Å². The smallest absolute Gasteiger partial charge is 0.338 e. The van der Waals surface area contributed by atoms with Gasteiger partial charge in [-0.3, -0.25) is 9.36 Å². The number of thiazole rings is 1. The Kier molecular flexibility index (Phi) is 6.60. The van der Waals surface area contributed by atoms with Crippen LogP contribution in [0.15, 0.2) is 75.7 Å². The van der Waals surface area contributed by atoms with Crippen LogP contribution in [0.5, 0.6) is 5.75 Å². The van der Waals surface area contributed by atoms with Gasteiger partial charge in [-0.2, -0.15) is 0 Å². The summed E-state index contributed by atoms with van der Waals surface area (Å²) in [4.78, 5) is 31.8. The predicted octanol–water partition coefficient (Wildman–Crippen LogP) is 3.59. The Labute approximate surface area is 196 Å². The maximum absolute atomic E-state index is 13.6. The van der Waals surface area contributed by atoms with E-state index >= 15 is 0 Å². The summed E-state index contributed by atoms with van der Waals surface area (Å²) < 4.78 is 13.2. The number of allylic oxidation sites excluding steroid dienone is 1. The zero-order valence-electron chi connectivity index (χ0n) is 19.1. The SMILES string of the molecule is CCOc1ccc(C=c2sc3n(c2=O)C(c2ccccc2)C(C(=O)OC(C)C)=C(C)N=3)cc1. The summed E-state index contributed by atoms with van der Waals surface area (Å²) in [5, 5.41) is 0. The molecule has 0 bridgehead atoms. The van der Waals surface area contributed by atoms with Crippen molar-refractivity contribution in [3.63, 3.8) is 0 Å².